The Kier molecular flexibility index (Phi) is 4.53. The number of fused-ring (bicyclic) bond motifs is 1. The zero-order valence-corrected chi connectivity index (χ0v) is 15.1. The first-order valence-electron chi connectivity index (χ1n) is 7.87. The molecular formula is C19H20N2O2S. The van der Waals surface area contributed by atoms with Gasteiger partial charge in [-0.15, -0.1) is 0 Å². The lowest BCUT2D eigenvalue weighted by Crippen LogP contribution is -2.16. The van der Waals surface area contributed by atoms with Crippen LogP contribution in [-0.4, -0.2) is 17.6 Å². The fraction of sp³-hybridized carbons (Fsp3) is 0.263. The molecule has 0 fully saturated rings. The van der Waals surface area contributed by atoms with Crippen molar-refractivity contribution in [3.05, 3.63) is 57.9 Å². The molecule has 1 amide bonds. The van der Waals surface area contributed by atoms with Crippen molar-refractivity contribution in [1.29, 1.82) is 0 Å². The fourth-order valence-corrected chi connectivity index (χ4v) is 3.85. The van der Waals surface area contributed by atoms with E-state index in [2.05, 4.69) is 11.9 Å². The van der Waals surface area contributed by atoms with Gasteiger partial charge < -0.3 is 9.30 Å². The van der Waals surface area contributed by atoms with Crippen molar-refractivity contribution in [3.8, 4) is 5.75 Å². The Hall–Kier alpha value is -2.40. The molecule has 0 aliphatic rings. The lowest BCUT2D eigenvalue weighted by molar-refractivity contribution is 0.0998. The van der Waals surface area contributed by atoms with Crippen LogP contribution in [0.5, 0.6) is 5.75 Å². The Morgan fingerprint density at radius 2 is 1.88 bits per heavy atom. The Morgan fingerprint density at radius 3 is 2.50 bits per heavy atom. The van der Waals surface area contributed by atoms with Gasteiger partial charge in [-0.25, -0.2) is 0 Å². The monoisotopic (exact) mass is 340 g/mol. The average molecular weight is 340 g/mol. The third-order valence-corrected chi connectivity index (χ3v) is 5.23. The molecule has 5 heteroatoms. The van der Waals surface area contributed by atoms with E-state index in [-0.39, 0.29) is 5.91 Å². The molecule has 0 unspecified atom stereocenters. The molecule has 0 aliphatic heterocycles. The number of methoxy groups -OCH3 is 1. The van der Waals surface area contributed by atoms with E-state index in [1.807, 2.05) is 54.8 Å². The molecule has 0 aliphatic carbocycles. The van der Waals surface area contributed by atoms with E-state index in [0.29, 0.717) is 10.4 Å². The van der Waals surface area contributed by atoms with Crippen molar-refractivity contribution < 1.29 is 9.53 Å². The summed E-state index contributed by atoms with van der Waals surface area (Å²) >= 11 is 1.53. The number of thiazole rings is 1. The maximum Gasteiger partial charge on any atom is 0.279 e. The van der Waals surface area contributed by atoms with Crippen molar-refractivity contribution in [2.45, 2.75) is 27.3 Å². The summed E-state index contributed by atoms with van der Waals surface area (Å²) in [4.78, 5) is 17.6. The van der Waals surface area contributed by atoms with Crippen LogP contribution in [0.25, 0.3) is 10.2 Å². The van der Waals surface area contributed by atoms with Gasteiger partial charge in [0.2, 0.25) is 0 Å². The molecular weight excluding hydrogens is 320 g/mol. The van der Waals surface area contributed by atoms with E-state index in [1.54, 1.807) is 7.11 Å². The number of amides is 1. The van der Waals surface area contributed by atoms with Gasteiger partial charge in [0.15, 0.2) is 4.80 Å². The van der Waals surface area contributed by atoms with Crippen LogP contribution in [0.1, 0.15) is 28.4 Å². The minimum atomic E-state index is -0.222. The number of nitrogens with zero attached hydrogens (tertiary/aromatic N) is 2. The summed E-state index contributed by atoms with van der Waals surface area (Å²) < 4.78 is 8.64. The summed E-state index contributed by atoms with van der Waals surface area (Å²) in [6, 6.07) is 11.5. The Bertz CT molecular complexity index is 965. The smallest absolute Gasteiger partial charge is 0.279 e. The molecule has 4 nitrogen and oxygen atoms in total. The number of benzene rings is 2. The Balaban J connectivity index is 2.20. The predicted octanol–water partition coefficient (Wildman–Crippen LogP) is 4.09. The number of aryl methyl sites for hydroxylation is 3. The van der Waals surface area contributed by atoms with Crippen LogP contribution < -0.4 is 9.54 Å². The molecule has 1 heterocycles. The second-order valence-electron chi connectivity index (χ2n) is 5.67. The number of ether oxygens (including phenoxy) is 1. The normalized spacial score (nSPS) is 11.9. The Labute approximate surface area is 145 Å². The summed E-state index contributed by atoms with van der Waals surface area (Å²) in [6.45, 7) is 6.82. The SMILES string of the molecule is CCn1c(=NC(=O)c2ccc(C)cc2)sc2c(C)ccc(OC)c21. The largest absolute Gasteiger partial charge is 0.495 e. The summed E-state index contributed by atoms with van der Waals surface area (Å²) in [6.07, 6.45) is 0. The van der Waals surface area contributed by atoms with Crippen molar-refractivity contribution in [3.63, 3.8) is 0 Å². The minimum absolute atomic E-state index is 0.222. The second-order valence-corrected chi connectivity index (χ2v) is 6.65. The number of carbonyl (C=O) groups excluding carboxylic acids is 1. The molecule has 3 aromatic rings. The first kappa shape index (κ1) is 16.5. The second kappa shape index (κ2) is 6.61. The topological polar surface area (TPSA) is 43.6 Å². The van der Waals surface area contributed by atoms with Gasteiger partial charge in [0.1, 0.15) is 11.3 Å². The van der Waals surface area contributed by atoms with Gasteiger partial charge in [-0.05, 0) is 44.5 Å². The number of hydrogen-bond acceptors (Lipinski definition) is 3. The molecule has 0 bridgehead atoms. The highest BCUT2D eigenvalue weighted by Crippen LogP contribution is 2.30. The van der Waals surface area contributed by atoms with Crippen LogP contribution in [0.2, 0.25) is 0 Å². The molecule has 0 spiro atoms. The standard InChI is InChI=1S/C19H20N2O2S/c1-5-21-16-15(23-4)11-8-13(3)17(16)24-19(21)20-18(22)14-9-6-12(2)7-10-14/h6-11H,5H2,1-4H3. The van der Waals surface area contributed by atoms with E-state index in [4.69, 9.17) is 4.74 Å². The highest BCUT2D eigenvalue weighted by Gasteiger charge is 2.13. The summed E-state index contributed by atoms with van der Waals surface area (Å²) in [5.74, 6) is 0.582. The highest BCUT2D eigenvalue weighted by molar-refractivity contribution is 7.16. The maximum atomic E-state index is 12.5. The number of aromatic nitrogens is 1. The molecule has 0 saturated carbocycles. The number of hydrogen-bond donors (Lipinski definition) is 0. The molecule has 24 heavy (non-hydrogen) atoms. The third-order valence-electron chi connectivity index (χ3n) is 4.02. The Morgan fingerprint density at radius 1 is 1.17 bits per heavy atom. The highest BCUT2D eigenvalue weighted by atomic mass is 32.1. The van der Waals surface area contributed by atoms with Gasteiger partial charge in [-0.2, -0.15) is 4.99 Å². The van der Waals surface area contributed by atoms with Crippen molar-refractivity contribution in [2.75, 3.05) is 7.11 Å². The van der Waals surface area contributed by atoms with Crippen molar-refractivity contribution >= 4 is 27.5 Å². The molecule has 0 N–H and O–H groups in total. The molecule has 124 valence electrons. The first-order chi connectivity index (χ1) is 11.5. The first-order valence-corrected chi connectivity index (χ1v) is 8.69. The van der Waals surface area contributed by atoms with Crippen molar-refractivity contribution in [1.82, 2.24) is 4.57 Å². The van der Waals surface area contributed by atoms with Gasteiger partial charge in [0, 0.05) is 12.1 Å². The van der Waals surface area contributed by atoms with Crippen LogP contribution in [0, 0.1) is 13.8 Å². The van der Waals surface area contributed by atoms with E-state index >= 15 is 0 Å². The van der Waals surface area contributed by atoms with Crippen LogP contribution in [0.15, 0.2) is 41.4 Å². The molecule has 0 radical (unpaired) electrons. The van der Waals surface area contributed by atoms with Gasteiger partial charge in [0.25, 0.3) is 5.91 Å². The van der Waals surface area contributed by atoms with Gasteiger partial charge in [0.05, 0.1) is 11.8 Å². The zero-order valence-electron chi connectivity index (χ0n) is 14.3. The van der Waals surface area contributed by atoms with E-state index in [9.17, 15) is 4.79 Å². The van der Waals surface area contributed by atoms with Crippen molar-refractivity contribution in [2.24, 2.45) is 4.99 Å². The molecule has 0 saturated heterocycles. The summed E-state index contributed by atoms with van der Waals surface area (Å²) in [5.41, 5.74) is 3.88. The number of carbonyl (C=O) groups is 1. The third kappa shape index (κ3) is 2.87. The zero-order chi connectivity index (χ0) is 17.3. The van der Waals surface area contributed by atoms with Gasteiger partial charge >= 0.3 is 0 Å². The number of rotatable bonds is 3. The van der Waals surface area contributed by atoms with Crippen LogP contribution in [0.3, 0.4) is 0 Å². The lowest BCUT2D eigenvalue weighted by atomic mass is 10.1. The van der Waals surface area contributed by atoms with Gasteiger partial charge in [-0.3, -0.25) is 4.79 Å². The maximum absolute atomic E-state index is 12.5. The van der Waals surface area contributed by atoms with E-state index in [1.165, 1.54) is 11.3 Å². The molecule has 3 rings (SSSR count). The van der Waals surface area contributed by atoms with Gasteiger partial charge in [-0.1, -0.05) is 35.1 Å². The van der Waals surface area contributed by atoms with E-state index in [0.717, 1.165) is 33.6 Å². The summed E-state index contributed by atoms with van der Waals surface area (Å²) in [5, 5.41) is 0. The summed E-state index contributed by atoms with van der Waals surface area (Å²) in [7, 11) is 1.66. The predicted molar refractivity (Wildman–Crippen MR) is 97.9 cm³/mol. The van der Waals surface area contributed by atoms with Crippen LogP contribution >= 0.6 is 11.3 Å². The average Bonchev–Trinajstić information content (AvgIpc) is 2.95. The van der Waals surface area contributed by atoms with E-state index < -0.39 is 0 Å². The lowest BCUT2D eigenvalue weighted by Gasteiger charge is -2.07. The molecule has 0 atom stereocenters. The van der Waals surface area contributed by atoms with Crippen LogP contribution in [-0.2, 0) is 6.54 Å². The minimum Gasteiger partial charge on any atom is -0.495 e. The molecule has 1 aromatic heterocycles. The fourth-order valence-electron chi connectivity index (χ4n) is 2.67. The quantitative estimate of drug-likeness (QED) is 0.721. The molecule has 2 aromatic carbocycles. The van der Waals surface area contributed by atoms with Crippen LogP contribution in [0.4, 0.5) is 0 Å².